The van der Waals surface area contributed by atoms with E-state index in [1.165, 1.54) is 36.4 Å². The molecule has 0 aromatic heterocycles. The average Bonchev–Trinajstić information content (AvgIpc) is 2.75. The zero-order chi connectivity index (χ0) is 23.3. The van der Waals surface area contributed by atoms with Crippen LogP contribution >= 0.6 is 11.6 Å². The minimum Gasteiger partial charge on any atom is -0.348 e. The maximum atomic E-state index is 13.3. The summed E-state index contributed by atoms with van der Waals surface area (Å²) < 4.78 is 41.0. The molecule has 0 radical (unpaired) electrons. The van der Waals surface area contributed by atoms with Crippen molar-refractivity contribution < 1.29 is 17.6 Å². The van der Waals surface area contributed by atoms with Crippen molar-refractivity contribution in [3.05, 3.63) is 100 Å². The summed E-state index contributed by atoms with van der Waals surface area (Å²) in [6.45, 7) is 3.31. The summed E-state index contributed by atoms with van der Waals surface area (Å²) in [5.41, 5.74) is 2.43. The molecule has 3 aromatic carbocycles. The Morgan fingerprint density at radius 2 is 1.66 bits per heavy atom. The molecule has 0 heterocycles. The van der Waals surface area contributed by atoms with Gasteiger partial charge in [0.15, 0.2) is 0 Å². The second-order valence-electron chi connectivity index (χ2n) is 7.49. The Bertz CT molecular complexity index is 1180. The Hall–Kier alpha value is -2.74. The van der Waals surface area contributed by atoms with E-state index in [-0.39, 0.29) is 23.8 Å². The number of halogens is 2. The minimum atomic E-state index is -3.97. The van der Waals surface area contributed by atoms with E-state index in [0.717, 1.165) is 15.4 Å². The molecule has 168 valence electrons. The van der Waals surface area contributed by atoms with Crippen LogP contribution in [-0.4, -0.2) is 25.2 Å². The lowest BCUT2D eigenvalue weighted by Gasteiger charge is -2.24. The van der Waals surface area contributed by atoms with Crippen molar-refractivity contribution in [1.82, 2.24) is 9.62 Å². The van der Waals surface area contributed by atoms with Crippen molar-refractivity contribution in [3.8, 4) is 0 Å². The third-order valence-electron chi connectivity index (χ3n) is 5.13. The van der Waals surface area contributed by atoms with Crippen LogP contribution in [0, 0.1) is 12.7 Å². The molecule has 1 amide bonds. The first-order chi connectivity index (χ1) is 15.2. The zero-order valence-corrected chi connectivity index (χ0v) is 19.3. The average molecular weight is 475 g/mol. The number of nitrogens with zero attached hydrogens (tertiary/aromatic N) is 1. The second kappa shape index (κ2) is 10.3. The van der Waals surface area contributed by atoms with E-state index < -0.39 is 22.0 Å². The van der Waals surface area contributed by atoms with Gasteiger partial charge in [0.25, 0.3) is 0 Å². The maximum absolute atomic E-state index is 13.3. The first-order valence-electron chi connectivity index (χ1n) is 10.0. The summed E-state index contributed by atoms with van der Waals surface area (Å²) in [5, 5.41) is 3.21. The van der Waals surface area contributed by atoms with Crippen LogP contribution in [0.25, 0.3) is 0 Å². The molecule has 0 fully saturated rings. The van der Waals surface area contributed by atoms with E-state index in [4.69, 9.17) is 11.6 Å². The molecule has 0 aliphatic rings. The molecule has 0 saturated carbocycles. The summed E-state index contributed by atoms with van der Waals surface area (Å²) in [4.78, 5) is 12.8. The molecule has 32 heavy (non-hydrogen) atoms. The number of nitrogens with one attached hydrogen (secondary N) is 1. The van der Waals surface area contributed by atoms with Gasteiger partial charge in [0.05, 0.1) is 17.5 Å². The van der Waals surface area contributed by atoms with Gasteiger partial charge in [0, 0.05) is 11.6 Å². The summed E-state index contributed by atoms with van der Waals surface area (Å²) in [6, 6.07) is 18.6. The van der Waals surface area contributed by atoms with E-state index in [9.17, 15) is 17.6 Å². The lowest BCUT2D eigenvalue weighted by molar-refractivity contribution is -0.122. The highest BCUT2D eigenvalue weighted by atomic mass is 35.5. The number of carbonyl (C=O) groups excluding carboxylic acids is 1. The van der Waals surface area contributed by atoms with Crippen molar-refractivity contribution in [2.24, 2.45) is 0 Å². The molecule has 3 rings (SSSR count). The number of hydrogen-bond acceptors (Lipinski definition) is 3. The minimum absolute atomic E-state index is 0.0377. The van der Waals surface area contributed by atoms with Crippen LogP contribution in [0.3, 0.4) is 0 Å². The monoisotopic (exact) mass is 474 g/mol. The SMILES string of the molecule is Cc1ccccc1CN(CC(=O)N[C@@H](C)c1ccc(F)cc1)S(=O)(=O)c1ccc(Cl)cc1. The highest BCUT2D eigenvalue weighted by Gasteiger charge is 2.28. The van der Waals surface area contributed by atoms with Crippen LogP contribution in [0.4, 0.5) is 4.39 Å². The van der Waals surface area contributed by atoms with Gasteiger partial charge in [0.2, 0.25) is 15.9 Å². The third-order valence-corrected chi connectivity index (χ3v) is 7.18. The number of hydrogen-bond donors (Lipinski definition) is 1. The summed E-state index contributed by atoms with van der Waals surface area (Å²) >= 11 is 5.91. The molecule has 0 aliphatic carbocycles. The topological polar surface area (TPSA) is 66.5 Å². The lowest BCUT2D eigenvalue weighted by Crippen LogP contribution is -2.41. The van der Waals surface area contributed by atoms with Crippen LogP contribution < -0.4 is 5.32 Å². The van der Waals surface area contributed by atoms with Crippen LogP contribution in [0.2, 0.25) is 5.02 Å². The van der Waals surface area contributed by atoms with Crippen LogP contribution in [-0.2, 0) is 21.4 Å². The fourth-order valence-corrected chi connectivity index (χ4v) is 4.74. The summed E-state index contributed by atoms with van der Waals surface area (Å²) in [6.07, 6.45) is 0. The molecular weight excluding hydrogens is 451 g/mol. The predicted octanol–water partition coefficient (Wildman–Crippen LogP) is 4.86. The quantitative estimate of drug-likeness (QED) is 0.507. The maximum Gasteiger partial charge on any atom is 0.243 e. The number of sulfonamides is 1. The molecular formula is C24H24ClFN2O3S. The van der Waals surface area contributed by atoms with E-state index in [1.807, 2.05) is 31.2 Å². The van der Waals surface area contributed by atoms with E-state index in [1.54, 1.807) is 19.1 Å². The van der Waals surface area contributed by atoms with Crippen molar-refractivity contribution in [2.75, 3.05) is 6.54 Å². The van der Waals surface area contributed by atoms with Crippen molar-refractivity contribution >= 4 is 27.5 Å². The van der Waals surface area contributed by atoms with Gasteiger partial charge >= 0.3 is 0 Å². The first-order valence-corrected chi connectivity index (χ1v) is 11.8. The molecule has 1 N–H and O–H groups in total. The number of carbonyl (C=O) groups is 1. The van der Waals surface area contributed by atoms with Gasteiger partial charge in [-0.25, -0.2) is 12.8 Å². The molecule has 0 saturated heterocycles. The van der Waals surface area contributed by atoms with Gasteiger partial charge in [-0.3, -0.25) is 4.79 Å². The van der Waals surface area contributed by atoms with Gasteiger partial charge in [-0.1, -0.05) is 48.0 Å². The lowest BCUT2D eigenvalue weighted by atomic mass is 10.1. The Labute approximate surface area is 192 Å². The van der Waals surface area contributed by atoms with Gasteiger partial charge in [0.1, 0.15) is 5.82 Å². The molecule has 0 aliphatic heterocycles. The predicted molar refractivity (Wildman–Crippen MR) is 123 cm³/mol. The number of aryl methyl sites for hydroxylation is 1. The van der Waals surface area contributed by atoms with Crippen molar-refractivity contribution in [3.63, 3.8) is 0 Å². The van der Waals surface area contributed by atoms with Crippen molar-refractivity contribution in [2.45, 2.75) is 31.3 Å². The normalized spacial score (nSPS) is 12.5. The highest BCUT2D eigenvalue weighted by molar-refractivity contribution is 7.89. The van der Waals surface area contributed by atoms with E-state index >= 15 is 0 Å². The summed E-state index contributed by atoms with van der Waals surface area (Å²) in [7, 11) is -3.97. The van der Waals surface area contributed by atoms with Gasteiger partial charge in [-0.2, -0.15) is 4.31 Å². The molecule has 0 bridgehead atoms. The smallest absolute Gasteiger partial charge is 0.243 e. The number of amides is 1. The second-order valence-corrected chi connectivity index (χ2v) is 9.87. The zero-order valence-electron chi connectivity index (χ0n) is 17.8. The third kappa shape index (κ3) is 5.94. The Morgan fingerprint density at radius 3 is 2.28 bits per heavy atom. The van der Waals surface area contributed by atoms with Gasteiger partial charge in [-0.15, -0.1) is 0 Å². The Kier molecular flexibility index (Phi) is 7.66. The van der Waals surface area contributed by atoms with Crippen LogP contribution in [0.1, 0.15) is 29.7 Å². The number of rotatable bonds is 8. The number of benzene rings is 3. The molecule has 5 nitrogen and oxygen atoms in total. The Balaban J connectivity index is 1.84. The molecule has 0 unspecified atom stereocenters. The van der Waals surface area contributed by atoms with Crippen molar-refractivity contribution in [1.29, 1.82) is 0 Å². The fourth-order valence-electron chi connectivity index (χ4n) is 3.24. The highest BCUT2D eigenvalue weighted by Crippen LogP contribution is 2.22. The van der Waals surface area contributed by atoms with Crippen LogP contribution in [0.5, 0.6) is 0 Å². The standard InChI is InChI=1S/C24H24ClFN2O3S/c1-17-5-3-4-6-20(17)15-28(32(30,31)23-13-9-21(25)10-14-23)16-24(29)27-18(2)19-7-11-22(26)12-8-19/h3-14,18H,15-16H2,1-2H3,(H,27,29)/t18-/m0/s1. The molecule has 1 atom stereocenters. The van der Waals surface area contributed by atoms with E-state index in [0.29, 0.717) is 10.6 Å². The van der Waals surface area contributed by atoms with Crippen LogP contribution in [0.15, 0.2) is 77.7 Å². The largest absolute Gasteiger partial charge is 0.348 e. The molecule has 8 heteroatoms. The summed E-state index contributed by atoms with van der Waals surface area (Å²) in [5.74, 6) is -0.835. The fraction of sp³-hybridized carbons (Fsp3) is 0.208. The molecule has 0 spiro atoms. The molecule has 3 aromatic rings. The van der Waals surface area contributed by atoms with Gasteiger partial charge < -0.3 is 5.32 Å². The Morgan fingerprint density at radius 1 is 1.03 bits per heavy atom. The first kappa shape index (κ1) is 23.9. The van der Waals surface area contributed by atoms with E-state index in [2.05, 4.69) is 5.32 Å². The van der Waals surface area contributed by atoms with Gasteiger partial charge in [-0.05, 0) is 66.9 Å².